The van der Waals surface area contributed by atoms with E-state index in [4.69, 9.17) is 5.73 Å². The van der Waals surface area contributed by atoms with Gasteiger partial charge in [0.2, 0.25) is 5.91 Å². The van der Waals surface area contributed by atoms with E-state index in [1.165, 1.54) is 9.13 Å². The maximum Gasteiger partial charge on any atom is 0.227 e. The Hall–Kier alpha value is -0.620. The lowest BCUT2D eigenvalue weighted by molar-refractivity contribution is -0.120. The minimum Gasteiger partial charge on any atom is -0.330 e. The molecule has 1 saturated carbocycles. The van der Waals surface area contributed by atoms with Crippen LogP contribution in [0, 0.1) is 22.3 Å². The van der Waals surface area contributed by atoms with Crippen LogP contribution in [0.15, 0.2) is 18.2 Å². The molecule has 0 heterocycles. The highest BCUT2D eigenvalue weighted by molar-refractivity contribution is 14.1. The molecule has 2 atom stereocenters. The summed E-state index contributed by atoms with van der Waals surface area (Å²) in [6, 6.07) is 6.01. The minimum atomic E-state index is 0.0916. The summed E-state index contributed by atoms with van der Waals surface area (Å²) >= 11 is 2.29. The van der Waals surface area contributed by atoms with Crippen LogP contribution in [0.25, 0.3) is 0 Å². The molecule has 2 rings (SSSR count). The van der Waals surface area contributed by atoms with Gasteiger partial charge in [-0.25, -0.2) is 0 Å². The minimum absolute atomic E-state index is 0.0916. The Morgan fingerprint density at radius 3 is 2.94 bits per heavy atom. The lowest BCUT2D eigenvalue weighted by Crippen LogP contribution is -2.29. The van der Waals surface area contributed by atoms with E-state index in [1.807, 2.05) is 18.2 Å². The standard InChI is InChI=1S/C14H19IN2O/c1-9-5-6-11(7-13(9)15)17-14(18)12-4-2-3-10(12)8-16/h5-7,10,12H,2-4,8,16H2,1H3,(H,17,18). The molecule has 1 aliphatic rings. The van der Waals surface area contributed by atoms with E-state index in [2.05, 4.69) is 34.8 Å². The van der Waals surface area contributed by atoms with Crippen LogP contribution in [-0.4, -0.2) is 12.5 Å². The van der Waals surface area contributed by atoms with E-state index in [0.717, 1.165) is 24.9 Å². The largest absolute Gasteiger partial charge is 0.330 e. The first kappa shape index (κ1) is 13.8. The van der Waals surface area contributed by atoms with Gasteiger partial charge in [-0.1, -0.05) is 12.5 Å². The molecule has 4 heteroatoms. The van der Waals surface area contributed by atoms with Crippen LogP contribution in [0.5, 0.6) is 0 Å². The molecule has 0 aliphatic heterocycles. The van der Waals surface area contributed by atoms with Crippen molar-refractivity contribution in [3.63, 3.8) is 0 Å². The molecule has 1 amide bonds. The third kappa shape index (κ3) is 3.03. The quantitative estimate of drug-likeness (QED) is 0.817. The van der Waals surface area contributed by atoms with E-state index in [-0.39, 0.29) is 11.8 Å². The Balaban J connectivity index is 2.04. The lowest BCUT2D eigenvalue weighted by Gasteiger charge is -2.17. The van der Waals surface area contributed by atoms with Gasteiger partial charge in [-0.3, -0.25) is 4.79 Å². The maximum atomic E-state index is 12.2. The van der Waals surface area contributed by atoms with Crippen molar-refractivity contribution >= 4 is 34.2 Å². The van der Waals surface area contributed by atoms with Crippen molar-refractivity contribution in [2.24, 2.45) is 17.6 Å². The van der Waals surface area contributed by atoms with Gasteiger partial charge < -0.3 is 11.1 Å². The fourth-order valence-electron chi connectivity index (χ4n) is 2.57. The fourth-order valence-corrected chi connectivity index (χ4v) is 3.08. The highest BCUT2D eigenvalue weighted by atomic mass is 127. The molecule has 0 saturated heterocycles. The average Bonchev–Trinajstić information content (AvgIpc) is 2.82. The summed E-state index contributed by atoms with van der Waals surface area (Å²) < 4.78 is 1.17. The average molecular weight is 358 g/mol. The molecule has 2 unspecified atom stereocenters. The number of carbonyl (C=O) groups is 1. The third-order valence-corrected chi connectivity index (χ3v) is 4.90. The number of hydrogen-bond donors (Lipinski definition) is 2. The Bertz CT molecular complexity index is 447. The van der Waals surface area contributed by atoms with Gasteiger partial charge in [-0.15, -0.1) is 0 Å². The molecule has 1 aliphatic carbocycles. The van der Waals surface area contributed by atoms with Crippen LogP contribution in [0.1, 0.15) is 24.8 Å². The van der Waals surface area contributed by atoms with Crippen LogP contribution in [0.2, 0.25) is 0 Å². The highest BCUT2D eigenvalue weighted by Gasteiger charge is 2.31. The number of halogens is 1. The first-order valence-corrected chi connectivity index (χ1v) is 7.46. The van der Waals surface area contributed by atoms with Crippen molar-refractivity contribution in [2.75, 3.05) is 11.9 Å². The second-order valence-corrected chi connectivity index (χ2v) is 6.15. The van der Waals surface area contributed by atoms with E-state index >= 15 is 0 Å². The zero-order valence-corrected chi connectivity index (χ0v) is 12.7. The predicted octanol–water partition coefficient (Wildman–Crippen LogP) is 2.91. The van der Waals surface area contributed by atoms with Gasteiger partial charge in [0.15, 0.2) is 0 Å². The van der Waals surface area contributed by atoms with E-state index in [1.54, 1.807) is 0 Å². The van der Waals surface area contributed by atoms with Crippen LogP contribution in [0.4, 0.5) is 5.69 Å². The molecule has 3 nitrogen and oxygen atoms in total. The van der Waals surface area contributed by atoms with E-state index < -0.39 is 0 Å². The van der Waals surface area contributed by atoms with Gasteiger partial charge in [-0.05, 0) is 72.5 Å². The number of amides is 1. The van der Waals surface area contributed by atoms with Gasteiger partial charge in [0.1, 0.15) is 0 Å². The third-order valence-electron chi connectivity index (χ3n) is 3.74. The van der Waals surface area contributed by atoms with E-state index in [0.29, 0.717) is 12.5 Å². The van der Waals surface area contributed by atoms with Crippen molar-refractivity contribution in [1.29, 1.82) is 0 Å². The summed E-state index contributed by atoms with van der Waals surface area (Å²) in [5.41, 5.74) is 7.84. The SMILES string of the molecule is Cc1ccc(NC(=O)C2CCCC2CN)cc1I. The molecule has 3 N–H and O–H groups in total. The molecule has 0 spiro atoms. The molecule has 0 aromatic heterocycles. The van der Waals surface area contributed by atoms with E-state index in [9.17, 15) is 4.79 Å². The number of aryl methyl sites for hydroxylation is 1. The Kier molecular flexibility index (Phi) is 4.61. The van der Waals surface area contributed by atoms with Crippen molar-refractivity contribution in [1.82, 2.24) is 0 Å². The van der Waals surface area contributed by atoms with Crippen LogP contribution >= 0.6 is 22.6 Å². The molecule has 98 valence electrons. The summed E-state index contributed by atoms with van der Waals surface area (Å²) in [6.45, 7) is 2.68. The van der Waals surface area contributed by atoms with Crippen LogP contribution in [-0.2, 0) is 4.79 Å². The van der Waals surface area contributed by atoms with Crippen molar-refractivity contribution in [3.8, 4) is 0 Å². The molecular weight excluding hydrogens is 339 g/mol. The van der Waals surface area contributed by atoms with Crippen LogP contribution in [0.3, 0.4) is 0 Å². The lowest BCUT2D eigenvalue weighted by atomic mass is 9.95. The Morgan fingerprint density at radius 1 is 1.50 bits per heavy atom. The molecule has 0 bridgehead atoms. The van der Waals surface area contributed by atoms with Gasteiger partial charge in [0, 0.05) is 15.2 Å². The maximum absolute atomic E-state index is 12.2. The van der Waals surface area contributed by atoms with Gasteiger partial charge >= 0.3 is 0 Å². The summed E-state index contributed by atoms with van der Waals surface area (Å²) in [7, 11) is 0. The van der Waals surface area contributed by atoms with Crippen molar-refractivity contribution in [3.05, 3.63) is 27.3 Å². The second-order valence-electron chi connectivity index (χ2n) is 4.99. The molecular formula is C14H19IN2O. The molecule has 0 radical (unpaired) electrons. The molecule has 1 aromatic rings. The summed E-state index contributed by atoms with van der Waals surface area (Å²) in [5, 5.41) is 3.02. The molecule has 18 heavy (non-hydrogen) atoms. The van der Waals surface area contributed by atoms with Crippen molar-refractivity contribution < 1.29 is 4.79 Å². The number of anilines is 1. The van der Waals surface area contributed by atoms with Crippen molar-refractivity contribution in [2.45, 2.75) is 26.2 Å². The predicted molar refractivity (Wildman–Crippen MR) is 82.4 cm³/mol. The summed E-state index contributed by atoms with van der Waals surface area (Å²) in [4.78, 5) is 12.2. The second kappa shape index (κ2) is 6.02. The number of carbonyl (C=O) groups excluding carboxylic acids is 1. The number of nitrogens with one attached hydrogen (secondary N) is 1. The van der Waals surface area contributed by atoms with Gasteiger partial charge in [0.05, 0.1) is 0 Å². The normalized spacial score (nSPS) is 23.1. The molecule has 1 aromatic carbocycles. The fraction of sp³-hybridized carbons (Fsp3) is 0.500. The summed E-state index contributed by atoms with van der Waals surface area (Å²) in [5.74, 6) is 0.575. The zero-order valence-electron chi connectivity index (χ0n) is 10.6. The van der Waals surface area contributed by atoms with Gasteiger partial charge in [-0.2, -0.15) is 0 Å². The molecule has 1 fully saturated rings. The Labute approximate surface area is 122 Å². The number of rotatable bonds is 3. The number of nitrogens with two attached hydrogens (primary N) is 1. The monoisotopic (exact) mass is 358 g/mol. The van der Waals surface area contributed by atoms with Gasteiger partial charge in [0.25, 0.3) is 0 Å². The Morgan fingerprint density at radius 2 is 2.28 bits per heavy atom. The first-order chi connectivity index (χ1) is 8.61. The smallest absolute Gasteiger partial charge is 0.227 e. The number of benzene rings is 1. The first-order valence-electron chi connectivity index (χ1n) is 6.39. The van der Waals surface area contributed by atoms with Crippen LogP contribution < -0.4 is 11.1 Å². The number of hydrogen-bond acceptors (Lipinski definition) is 2. The topological polar surface area (TPSA) is 55.1 Å². The highest BCUT2D eigenvalue weighted by Crippen LogP contribution is 2.32. The zero-order chi connectivity index (χ0) is 13.1. The summed E-state index contributed by atoms with van der Waals surface area (Å²) in [6.07, 6.45) is 3.17.